The standard InChI is InChI=1S/C24H25N5O4/c1-16-25-22(14-23(26-16)29-10-12-31-13-11-29)27-17-6-8-18(9-7-17)28-24(30)21-15-32-19-4-2-3-5-20(19)33-21/h2-9,14,21H,10-13,15H2,1H3,(H,28,30)(H,25,26,27). The van der Waals surface area contributed by atoms with Crippen molar-refractivity contribution >= 4 is 28.9 Å². The van der Waals surface area contributed by atoms with Crippen LogP contribution < -0.4 is 25.0 Å². The van der Waals surface area contributed by atoms with Crippen LogP contribution in [-0.2, 0) is 9.53 Å². The number of carbonyl (C=O) groups is 1. The summed E-state index contributed by atoms with van der Waals surface area (Å²) in [5.74, 6) is 3.25. The van der Waals surface area contributed by atoms with E-state index in [1.807, 2.05) is 55.5 Å². The van der Waals surface area contributed by atoms with Crippen LogP contribution in [0.5, 0.6) is 11.5 Å². The van der Waals surface area contributed by atoms with Gasteiger partial charge < -0.3 is 29.7 Å². The zero-order chi connectivity index (χ0) is 22.6. The van der Waals surface area contributed by atoms with E-state index < -0.39 is 6.10 Å². The summed E-state index contributed by atoms with van der Waals surface area (Å²) in [7, 11) is 0. The van der Waals surface area contributed by atoms with Crippen LogP contribution in [0, 0.1) is 6.92 Å². The molecule has 9 heteroatoms. The second-order valence-corrected chi connectivity index (χ2v) is 7.81. The number of hydrogen-bond donors (Lipinski definition) is 2. The molecule has 0 saturated carbocycles. The number of fused-ring (bicyclic) bond motifs is 1. The molecule has 1 fully saturated rings. The van der Waals surface area contributed by atoms with Gasteiger partial charge >= 0.3 is 0 Å². The van der Waals surface area contributed by atoms with Gasteiger partial charge in [-0.15, -0.1) is 0 Å². The van der Waals surface area contributed by atoms with Crippen LogP contribution >= 0.6 is 0 Å². The molecule has 3 aromatic rings. The number of aryl methyl sites for hydroxylation is 1. The molecule has 1 aromatic heterocycles. The Balaban J connectivity index is 1.21. The number of rotatable bonds is 5. The number of morpholine rings is 1. The van der Waals surface area contributed by atoms with E-state index in [-0.39, 0.29) is 12.5 Å². The van der Waals surface area contributed by atoms with Gasteiger partial charge in [0, 0.05) is 30.5 Å². The maximum Gasteiger partial charge on any atom is 0.269 e. The number of carbonyl (C=O) groups excluding carboxylic acids is 1. The number of aromatic nitrogens is 2. The zero-order valence-corrected chi connectivity index (χ0v) is 18.3. The molecule has 5 rings (SSSR count). The van der Waals surface area contributed by atoms with Gasteiger partial charge in [0.15, 0.2) is 11.5 Å². The highest BCUT2D eigenvalue weighted by Gasteiger charge is 2.27. The predicted octanol–water partition coefficient (Wildman–Crippen LogP) is 3.14. The Hall–Kier alpha value is -3.85. The van der Waals surface area contributed by atoms with Gasteiger partial charge in [-0.1, -0.05) is 12.1 Å². The van der Waals surface area contributed by atoms with Gasteiger partial charge in [0.05, 0.1) is 13.2 Å². The molecule has 1 amide bonds. The molecular weight excluding hydrogens is 422 g/mol. The van der Waals surface area contributed by atoms with Crippen LogP contribution in [-0.4, -0.2) is 54.9 Å². The molecule has 0 bridgehead atoms. The van der Waals surface area contributed by atoms with E-state index in [2.05, 4.69) is 25.5 Å². The van der Waals surface area contributed by atoms with Crippen LogP contribution in [0.25, 0.3) is 0 Å². The lowest BCUT2D eigenvalue weighted by Gasteiger charge is -2.28. The minimum atomic E-state index is -0.708. The van der Waals surface area contributed by atoms with E-state index in [9.17, 15) is 4.79 Å². The zero-order valence-electron chi connectivity index (χ0n) is 18.3. The Morgan fingerprint density at radius 2 is 1.73 bits per heavy atom. The molecular formula is C24H25N5O4. The third-order valence-corrected chi connectivity index (χ3v) is 5.39. The van der Waals surface area contributed by atoms with Crippen molar-refractivity contribution in [2.24, 2.45) is 0 Å². The summed E-state index contributed by atoms with van der Waals surface area (Å²) in [6.45, 7) is 5.06. The van der Waals surface area contributed by atoms with E-state index in [0.29, 0.717) is 42.0 Å². The molecule has 0 radical (unpaired) electrons. The SMILES string of the molecule is Cc1nc(Nc2ccc(NC(=O)C3COc4ccccc4O3)cc2)cc(N2CCOCC2)n1. The third-order valence-electron chi connectivity index (χ3n) is 5.39. The van der Waals surface area contributed by atoms with Crippen LogP contribution in [0.1, 0.15) is 5.82 Å². The Morgan fingerprint density at radius 1 is 1.00 bits per heavy atom. The topological polar surface area (TPSA) is 97.8 Å². The number of ether oxygens (including phenoxy) is 3. The summed E-state index contributed by atoms with van der Waals surface area (Å²) in [5, 5.41) is 6.19. The third kappa shape index (κ3) is 4.98. The van der Waals surface area contributed by atoms with Crippen LogP contribution in [0.2, 0.25) is 0 Å². The highest BCUT2D eigenvalue weighted by Crippen LogP contribution is 2.31. The van der Waals surface area contributed by atoms with Crippen LogP contribution in [0.3, 0.4) is 0 Å². The quantitative estimate of drug-likeness (QED) is 0.616. The Labute approximate surface area is 191 Å². The molecule has 1 saturated heterocycles. The minimum absolute atomic E-state index is 0.168. The summed E-state index contributed by atoms with van der Waals surface area (Å²) in [5.41, 5.74) is 1.52. The van der Waals surface area contributed by atoms with Crippen molar-refractivity contribution in [3.05, 3.63) is 60.4 Å². The van der Waals surface area contributed by atoms with E-state index in [0.717, 1.165) is 24.6 Å². The number of nitrogens with one attached hydrogen (secondary N) is 2. The summed E-state index contributed by atoms with van der Waals surface area (Å²) in [6.07, 6.45) is -0.708. The Morgan fingerprint density at radius 3 is 2.52 bits per heavy atom. The molecule has 1 unspecified atom stereocenters. The van der Waals surface area contributed by atoms with Gasteiger partial charge in [0.2, 0.25) is 6.10 Å². The molecule has 170 valence electrons. The first-order valence-corrected chi connectivity index (χ1v) is 10.9. The van der Waals surface area contributed by atoms with E-state index in [1.165, 1.54) is 0 Å². The first kappa shape index (κ1) is 21.0. The van der Waals surface area contributed by atoms with Crippen molar-refractivity contribution in [1.82, 2.24) is 9.97 Å². The Kier molecular flexibility index (Phi) is 5.95. The summed E-state index contributed by atoms with van der Waals surface area (Å²) >= 11 is 0. The fourth-order valence-corrected chi connectivity index (χ4v) is 3.73. The van der Waals surface area contributed by atoms with Gasteiger partial charge in [-0.25, -0.2) is 9.97 Å². The van der Waals surface area contributed by atoms with Gasteiger partial charge in [-0.05, 0) is 43.3 Å². The van der Waals surface area contributed by atoms with Gasteiger partial charge in [0.1, 0.15) is 24.1 Å². The molecule has 9 nitrogen and oxygen atoms in total. The smallest absolute Gasteiger partial charge is 0.269 e. The molecule has 3 heterocycles. The first-order chi connectivity index (χ1) is 16.1. The van der Waals surface area contributed by atoms with Gasteiger partial charge in [-0.3, -0.25) is 4.79 Å². The van der Waals surface area contributed by atoms with Crippen molar-refractivity contribution in [2.45, 2.75) is 13.0 Å². The normalized spacial score (nSPS) is 17.4. The van der Waals surface area contributed by atoms with Crippen molar-refractivity contribution in [1.29, 1.82) is 0 Å². The molecule has 0 aliphatic carbocycles. The van der Waals surface area contributed by atoms with Crippen LogP contribution in [0.4, 0.5) is 23.0 Å². The molecule has 2 aromatic carbocycles. The lowest BCUT2D eigenvalue weighted by Crippen LogP contribution is -2.40. The molecule has 2 aliphatic heterocycles. The maximum absolute atomic E-state index is 12.6. The average molecular weight is 447 g/mol. The van der Waals surface area contributed by atoms with Crippen molar-refractivity contribution in [3.63, 3.8) is 0 Å². The van der Waals surface area contributed by atoms with E-state index in [1.54, 1.807) is 6.07 Å². The minimum Gasteiger partial charge on any atom is -0.485 e. The van der Waals surface area contributed by atoms with E-state index >= 15 is 0 Å². The summed E-state index contributed by atoms with van der Waals surface area (Å²) in [6, 6.07) is 16.7. The second-order valence-electron chi connectivity index (χ2n) is 7.81. The highest BCUT2D eigenvalue weighted by atomic mass is 16.6. The molecule has 2 N–H and O–H groups in total. The fourth-order valence-electron chi connectivity index (χ4n) is 3.73. The lowest BCUT2D eigenvalue weighted by atomic mass is 10.2. The molecule has 1 atom stereocenters. The van der Waals surface area contributed by atoms with Crippen molar-refractivity contribution in [2.75, 3.05) is 48.4 Å². The number of anilines is 4. The van der Waals surface area contributed by atoms with E-state index in [4.69, 9.17) is 14.2 Å². The van der Waals surface area contributed by atoms with Crippen LogP contribution in [0.15, 0.2) is 54.6 Å². The summed E-state index contributed by atoms with van der Waals surface area (Å²) < 4.78 is 16.8. The monoisotopic (exact) mass is 447 g/mol. The second kappa shape index (κ2) is 9.33. The van der Waals surface area contributed by atoms with Crippen molar-refractivity contribution in [3.8, 4) is 11.5 Å². The number of nitrogens with zero attached hydrogens (tertiary/aromatic N) is 3. The Bertz CT molecular complexity index is 1130. The first-order valence-electron chi connectivity index (χ1n) is 10.9. The molecule has 0 spiro atoms. The molecule has 33 heavy (non-hydrogen) atoms. The summed E-state index contributed by atoms with van der Waals surface area (Å²) in [4.78, 5) is 23.9. The highest BCUT2D eigenvalue weighted by molar-refractivity contribution is 5.95. The number of benzene rings is 2. The maximum atomic E-state index is 12.6. The van der Waals surface area contributed by atoms with Crippen molar-refractivity contribution < 1.29 is 19.0 Å². The largest absolute Gasteiger partial charge is 0.485 e. The number of hydrogen-bond acceptors (Lipinski definition) is 8. The fraction of sp³-hybridized carbons (Fsp3) is 0.292. The number of para-hydroxylation sites is 2. The van der Waals surface area contributed by atoms with Gasteiger partial charge in [0.25, 0.3) is 5.91 Å². The molecule has 2 aliphatic rings. The number of amides is 1. The lowest BCUT2D eigenvalue weighted by molar-refractivity contribution is -0.125. The predicted molar refractivity (Wildman–Crippen MR) is 125 cm³/mol. The van der Waals surface area contributed by atoms with Gasteiger partial charge in [-0.2, -0.15) is 0 Å². The average Bonchev–Trinajstić information content (AvgIpc) is 2.85.